The van der Waals surface area contributed by atoms with Gasteiger partial charge in [-0.1, -0.05) is 19.9 Å². The molecule has 0 spiro atoms. The molecule has 1 amide bonds. The first-order valence-electron chi connectivity index (χ1n) is 8.36. The van der Waals surface area contributed by atoms with Crippen molar-refractivity contribution in [1.29, 1.82) is 0 Å². The molecule has 146 valence electrons. The van der Waals surface area contributed by atoms with Gasteiger partial charge in [0, 0.05) is 19.2 Å². The second-order valence-electron chi connectivity index (χ2n) is 6.56. The number of methoxy groups -OCH3 is 1. The van der Waals surface area contributed by atoms with E-state index in [4.69, 9.17) is 4.74 Å². The van der Waals surface area contributed by atoms with Crippen molar-refractivity contribution in [3.63, 3.8) is 0 Å². The largest absolute Gasteiger partial charge is 0.496 e. The highest BCUT2D eigenvalue weighted by atomic mass is 79.9. The molecule has 8 heteroatoms. The van der Waals surface area contributed by atoms with Crippen molar-refractivity contribution in [2.24, 2.45) is 5.92 Å². The van der Waals surface area contributed by atoms with Gasteiger partial charge in [0.2, 0.25) is 0 Å². The number of nitrogens with zero attached hydrogens (tertiary/aromatic N) is 1. The van der Waals surface area contributed by atoms with Crippen molar-refractivity contribution in [3.8, 4) is 5.75 Å². The second-order valence-corrected chi connectivity index (χ2v) is 9.10. The number of halogens is 1. The van der Waals surface area contributed by atoms with E-state index in [1.54, 1.807) is 42.3 Å². The third-order valence-corrected chi connectivity index (χ3v) is 5.78. The van der Waals surface area contributed by atoms with Crippen LogP contribution in [0.1, 0.15) is 24.2 Å². The third-order valence-electron chi connectivity index (χ3n) is 3.78. The van der Waals surface area contributed by atoms with Gasteiger partial charge in [0.1, 0.15) is 5.75 Å². The number of anilines is 1. The van der Waals surface area contributed by atoms with Gasteiger partial charge >= 0.3 is 0 Å². The summed E-state index contributed by atoms with van der Waals surface area (Å²) in [4.78, 5) is 14.1. The van der Waals surface area contributed by atoms with E-state index in [9.17, 15) is 13.2 Å². The lowest BCUT2D eigenvalue weighted by atomic mass is 10.1. The topological polar surface area (TPSA) is 75.7 Å². The van der Waals surface area contributed by atoms with Crippen LogP contribution >= 0.6 is 15.9 Å². The van der Waals surface area contributed by atoms with E-state index in [0.29, 0.717) is 33.9 Å². The van der Waals surface area contributed by atoms with Crippen molar-refractivity contribution in [3.05, 3.63) is 52.5 Å². The molecule has 0 aliphatic heterocycles. The van der Waals surface area contributed by atoms with Gasteiger partial charge in [-0.3, -0.25) is 9.52 Å². The molecule has 2 aromatic rings. The molecule has 2 aromatic carbocycles. The van der Waals surface area contributed by atoms with E-state index in [1.807, 2.05) is 13.8 Å². The van der Waals surface area contributed by atoms with Gasteiger partial charge in [0.05, 0.1) is 22.2 Å². The van der Waals surface area contributed by atoms with E-state index >= 15 is 0 Å². The van der Waals surface area contributed by atoms with Gasteiger partial charge < -0.3 is 9.64 Å². The molecule has 0 unspecified atom stereocenters. The fourth-order valence-electron chi connectivity index (χ4n) is 2.59. The van der Waals surface area contributed by atoms with Crippen LogP contribution in [-0.2, 0) is 10.0 Å². The lowest BCUT2D eigenvalue weighted by molar-refractivity contribution is 0.0779. The standard InChI is InChI=1S/C19H23BrN2O4S/c1-13(2)12-22(3)19(23)14-6-5-7-16(10-14)27(24,25)21-15-8-9-18(26-4)17(20)11-15/h5-11,13,21H,12H2,1-4H3. The van der Waals surface area contributed by atoms with E-state index in [2.05, 4.69) is 20.7 Å². The molecule has 0 bridgehead atoms. The van der Waals surface area contributed by atoms with Crippen molar-refractivity contribution in [2.75, 3.05) is 25.4 Å². The normalized spacial score (nSPS) is 11.3. The summed E-state index contributed by atoms with van der Waals surface area (Å²) in [6.07, 6.45) is 0. The Hall–Kier alpha value is -2.06. The highest BCUT2D eigenvalue weighted by Gasteiger charge is 2.19. The van der Waals surface area contributed by atoms with Crippen LogP contribution in [0.5, 0.6) is 5.75 Å². The Bertz CT molecular complexity index is 929. The zero-order valence-electron chi connectivity index (χ0n) is 15.7. The van der Waals surface area contributed by atoms with Gasteiger partial charge in [0.25, 0.3) is 15.9 Å². The average Bonchev–Trinajstić information content (AvgIpc) is 2.60. The quantitative estimate of drug-likeness (QED) is 0.685. The van der Waals surface area contributed by atoms with Gasteiger partial charge in [-0.2, -0.15) is 0 Å². The maximum absolute atomic E-state index is 12.7. The fraction of sp³-hybridized carbons (Fsp3) is 0.316. The summed E-state index contributed by atoms with van der Waals surface area (Å²) in [5.74, 6) is 0.702. The molecule has 0 aliphatic rings. The number of carbonyl (C=O) groups is 1. The van der Waals surface area contributed by atoms with Crippen LogP contribution < -0.4 is 9.46 Å². The second kappa shape index (κ2) is 8.75. The minimum absolute atomic E-state index is 0.0261. The number of sulfonamides is 1. The van der Waals surface area contributed by atoms with Crippen molar-refractivity contribution >= 4 is 37.5 Å². The number of benzene rings is 2. The summed E-state index contributed by atoms with van der Waals surface area (Å²) >= 11 is 3.33. The lowest BCUT2D eigenvalue weighted by Gasteiger charge is -2.19. The number of hydrogen-bond donors (Lipinski definition) is 1. The van der Waals surface area contributed by atoms with E-state index in [-0.39, 0.29) is 10.8 Å². The molecule has 0 aromatic heterocycles. The number of carbonyl (C=O) groups excluding carboxylic acids is 1. The first kappa shape index (κ1) is 21.2. The first-order chi connectivity index (χ1) is 12.6. The number of ether oxygens (including phenoxy) is 1. The molecule has 0 aliphatic carbocycles. The van der Waals surface area contributed by atoms with Gasteiger partial charge in [-0.15, -0.1) is 0 Å². The van der Waals surface area contributed by atoms with Crippen LogP contribution in [0.15, 0.2) is 51.8 Å². The van der Waals surface area contributed by atoms with Crippen molar-refractivity contribution in [1.82, 2.24) is 4.90 Å². The zero-order valence-corrected chi connectivity index (χ0v) is 18.1. The van der Waals surface area contributed by atoms with Gasteiger partial charge in [0.15, 0.2) is 0 Å². The first-order valence-corrected chi connectivity index (χ1v) is 10.6. The molecule has 6 nitrogen and oxygen atoms in total. The maximum atomic E-state index is 12.7. The highest BCUT2D eigenvalue weighted by Crippen LogP contribution is 2.29. The molecule has 0 fully saturated rings. The predicted molar refractivity (Wildman–Crippen MR) is 110 cm³/mol. The molecule has 0 heterocycles. The molecule has 1 N–H and O–H groups in total. The summed E-state index contributed by atoms with van der Waals surface area (Å²) in [5.41, 5.74) is 0.716. The molecule has 0 saturated heterocycles. The Morgan fingerprint density at radius 3 is 2.52 bits per heavy atom. The Morgan fingerprint density at radius 2 is 1.93 bits per heavy atom. The van der Waals surface area contributed by atoms with Gasteiger partial charge in [-0.05, 0) is 58.2 Å². The number of nitrogens with one attached hydrogen (secondary N) is 1. The van der Waals surface area contributed by atoms with Crippen LogP contribution in [0, 0.1) is 5.92 Å². The Morgan fingerprint density at radius 1 is 1.22 bits per heavy atom. The van der Waals surface area contributed by atoms with E-state index < -0.39 is 10.0 Å². The van der Waals surface area contributed by atoms with E-state index in [0.717, 1.165) is 0 Å². The smallest absolute Gasteiger partial charge is 0.261 e. The SMILES string of the molecule is COc1ccc(NS(=O)(=O)c2cccc(C(=O)N(C)CC(C)C)c2)cc1Br. The molecular weight excluding hydrogens is 432 g/mol. The zero-order chi connectivity index (χ0) is 20.2. The van der Waals surface area contributed by atoms with Crippen LogP contribution in [0.2, 0.25) is 0 Å². The molecule has 27 heavy (non-hydrogen) atoms. The highest BCUT2D eigenvalue weighted by molar-refractivity contribution is 9.10. The Kier molecular flexibility index (Phi) is 6.89. The van der Waals surface area contributed by atoms with Crippen molar-refractivity contribution in [2.45, 2.75) is 18.7 Å². The maximum Gasteiger partial charge on any atom is 0.261 e. The minimum Gasteiger partial charge on any atom is -0.496 e. The number of amides is 1. The molecular formula is C19H23BrN2O4S. The number of rotatable bonds is 7. The minimum atomic E-state index is -3.84. The summed E-state index contributed by atoms with van der Waals surface area (Å²) in [7, 11) is -0.601. The van der Waals surface area contributed by atoms with Crippen LogP contribution in [-0.4, -0.2) is 39.9 Å². The molecule has 0 radical (unpaired) electrons. The Labute approximate surface area is 168 Å². The summed E-state index contributed by atoms with van der Waals surface area (Å²) in [6.45, 7) is 4.62. The average molecular weight is 455 g/mol. The Balaban J connectivity index is 2.26. The van der Waals surface area contributed by atoms with Crippen molar-refractivity contribution < 1.29 is 17.9 Å². The van der Waals surface area contributed by atoms with Gasteiger partial charge in [-0.25, -0.2) is 8.42 Å². The fourth-order valence-corrected chi connectivity index (χ4v) is 4.23. The van der Waals surface area contributed by atoms with E-state index in [1.165, 1.54) is 19.2 Å². The summed E-state index contributed by atoms with van der Waals surface area (Å²) in [5, 5.41) is 0. The molecule has 0 saturated carbocycles. The predicted octanol–water partition coefficient (Wildman–Crippen LogP) is 3.99. The monoisotopic (exact) mass is 454 g/mol. The number of hydrogen-bond acceptors (Lipinski definition) is 4. The molecule has 0 atom stereocenters. The van der Waals surface area contributed by atoms with Crippen LogP contribution in [0.4, 0.5) is 5.69 Å². The van der Waals surface area contributed by atoms with Crippen LogP contribution in [0.3, 0.4) is 0 Å². The summed E-state index contributed by atoms with van der Waals surface area (Å²) < 4.78 is 33.7. The third kappa shape index (κ3) is 5.46. The lowest BCUT2D eigenvalue weighted by Crippen LogP contribution is -2.30. The summed E-state index contributed by atoms with van der Waals surface area (Å²) in [6, 6.07) is 10.9. The van der Waals surface area contributed by atoms with Crippen LogP contribution in [0.25, 0.3) is 0 Å². The molecule has 2 rings (SSSR count).